The Hall–Kier alpha value is -6.78. The van der Waals surface area contributed by atoms with Gasteiger partial charge in [-0.3, -0.25) is 28.5 Å². The van der Waals surface area contributed by atoms with Gasteiger partial charge in [-0.15, -0.1) is 11.3 Å². The molecule has 19 nitrogen and oxygen atoms in total. The molecule has 0 spiro atoms. The van der Waals surface area contributed by atoms with E-state index in [0.29, 0.717) is 101 Å². The fourth-order valence-electron chi connectivity index (χ4n) is 11.6. The summed E-state index contributed by atoms with van der Waals surface area (Å²) in [6, 6.07) is 9.54. The summed E-state index contributed by atoms with van der Waals surface area (Å²) < 4.78 is 39.6. The molecule has 5 N–H and O–H groups in total. The number of halogens is 2. The molecule has 81 heavy (non-hydrogen) atoms. The van der Waals surface area contributed by atoms with E-state index in [1.165, 1.54) is 4.90 Å². The van der Waals surface area contributed by atoms with Crippen LogP contribution in [0.2, 0.25) is 0 Å². The van der Waals surface area contributed by atoms with Crippen LogP contribution >= 0.6 is 11.3 Å². The van der Waals surface area contributed by atoms with Gasteiger partial charge in [-0.25, -0.2) is 18.6 Å². The van der Waals surface area contributed by atoms with Crippen molar-refractivity contribution in [2.75, 3.05) is 51.3 Å². The van der Waals surface area contributed by atoms with Crippen LogP contribution in [0.3, 0.4) is 0 Å². The number of β-amino-alcohol motifs (C(OH)–C–C–N with tert-alkyl or cyclic N) is 1. The molecule has 0 unspecified atom stereocenters. The van der Waals surface area contributed by atoms with Gasteiger partial charge >= 0.3 is 6.03 Å². The summed E-state index contributed by atoms with van der Waals surface area (Å²) in [7, 11) is 1.62. The molecule has 6 amide bonds. The number of hydrogen-bond acceptors (Lipinski definition) is 12. The highest BCUT2D eigenvalue weighted by molar-refractivity contribution is 7.13. The highest BCUT2D eigenvalue weighted by atomic mass is 32.1. The van der Waals surface area contributed by atoms with Crippen molar-refractivity contribution in [3.8, 4) is 21.6 Å². The van der Waals surface area contributed by atoms with Gasteiger partial charge in [-0.1, -0.05) is 64.3 Å². The van der Waals surface area contributed by atoms with E-state index in [2.05, 4.69) is 40.9 Å². The van der Waals surface area contributed by atoms with Gasteiger partial charge in [-0.05, 0) is 85.3 Å². The molecule has 436 valence electrons. The number of aliphatic hydroxyl groups is 1. The second-order valence-corrected chi connectivity index (χ2v) is 23.8. The number of likely N-dealkylation sites (tertiary alicyclic amines) is 1. The zero-order valence-corrected chi connectivity index (χ0v) is 48.1. The minimum atomic E-state index is -2.76. The summed E-state index contributed by atoms with van der Waals surface area (Å²) in [4.78, 5) is 77.1. The van der Waals surface area contributed by atoms with Gasteiger partial charge < -0.3 is 45.8 Å². The third-order valence-corrected chi connectivity index (χ3v) is 17.1. The van der Waals surface area contributed by atoms with Crippen LogP contribution < -0.4 is 26.2 Å². The van der Waals surface area contributed by atoms with E-state index in [0.717, 1.165) is 77.0 Å². The number of fused-ring (bicyclic) bond motifs is 2. The smallest absolute Gasteiger partial charge is 0.317 e. The van der Waals surface area contributed by atoms with Crippen molar-refractivity contribution in [2.24, 2.45) is 5.41 Å². The number of hydrogen-bond donors (Lipinski definition) is 5. The molecule has 7 heterocycles. The molecule has 3 aromatic heterocycles. The highest BCUT2D eigenvalue weighted by Crippen LogP contribution is 2.44. The lowest BCUT2D eigenvalue weighted by Gasteiger charge is -2.35. The van der Waals surface area contributed by atoms with E-state index < -0.39 is 35.9 Å². The zero-order valence-electron chi connectivity index (χ0n) is 47.3. The van der Waals surface area contributed by atoms with Crippen molar-refractivity contribution < 1.29 is 42.6 Å². The predicted octanol–water partition coefficient (Wildman–Crippen LogP) is 7.91. The van der Waals surface area contributed by atoms with Crippen molar-refractivity contribution in [1.29, 1.82) is 0 Å². The Labute approximate surface area is 476 Å². The van der Waals surface area contributed by atoms with E-state index in [1.54, 1.807) is 46.4 Å². The highest BCUT2D eigenvalue weighted by Gasteiger charge is 2.44. The summed E-state index contributed by atoms with van der Waals surface area (Å²) in [6.45, 7) is 11.3. The minimum Gasteiger partial charge on any atom is -0.391 e. The fraction of sp³-hybridized carbons (Fsp3) is 0.559. The van der Waals surface area contributed by atoms with Gasteiger partial charge in [0.15, 0.2) is 5.82 Å². The topological polar surface area (TPSA) is 221 Å². The van der Waals surface area contributed by atoms with E-state index in [9.17, 15) is 29.1 Å². The van der Waals surface area contributed by atoms with Crippen molar-refractivity contribution in [3.05, 3.63) is 87.9 Å². The number of anilines is 2. The quantitative estimate of drug-likeness (QED) is 0.0445. The lowest BCUT2D eigenvalue weighted by molar-refractivity contribution is -0.144. The number of thiazole rings is 1. The van der Waals surface area contributed by atoms with Crippen LogP contribution in [-0.4, -0.2) is 134 Å². The number of nitrogens with one attached hydrogen (secondary N) is 4. The summed E-state index contributed by atoms with van der Waals surface area (Å²) in [5.41, 5.74) is 8.60. The molecule has 0 bridgehead atoms. The summed E-state index contributed by atoms with van der Waals surface area (Å²) in [5, 5.41) is 31.9. The third kappa shape index (κ3) is 14.1. The SMILES string of the molecule is CNC(=O)N1CCc2c(c(N3CCCc4cc(-c5cnn(CCNC(=O)CCCCCCCC(=O)N[C@H](C(=O)N6C[C@H](O)C[C@H]6C(=O)NCc6ccc(-c7scnc7C)cc6)C(C)(C)C)c5)c(C(F)F)cc43)nn2C2CCOCC2)C1. The first-order chi connectivity index (χ1) is 39.0. The molecule has 5 aromatic rings. The van der Waals surface area contributed by atoms with Crippen molar-refractivity contribution in [2.45, 2.75) is 161 Å². The Balaban J connectivity index is 0.706. The second kappa shape index (κ2) is 26.4. The Morgan fingerprint density at radius 3 is 2.37 bits per heavy atom. The Morgan fingerprint density at radius 2 is 1.67 bits per heavy atom. The summed E-state index contributed by atoms with van der Waals surface area (Å²) in [5.74, 6) is -0.424. The van der Waals surface area contributed by atoms with Crippen LogP contribution in [0, 0.1) is 12.3 Å². The van der Waals surface area contributed by atoms with E-state index in [-0.39, 0.29) is 61.3 Å². The molecule has 2 aromatic carbocycles. The number of urea groups is 1. The lowest BCUT2D eigenvalue weighted by Crippen LogP contribution is -2.57. The number of unbranched alkanes of at least 4 members (excludes halogenated alkanes) is 4. The number of alkyl halides is 2. The van der Waals surface area contributed by atoms with Crippen LogP contribution in [0.15, 0.2) is 54.3 Å². The summed E-state index contributed by atoms with van der Waals surface area (Å²) in [6.07, 6.45) is 7.81. The van der Waals surface area contributed by atoms with Gasteiger partial charge in [0.2, 0.25) is 23.6 Å². The molecule has 2 fully saturated rings. The molecule has 0 radical (unpaired) electrons. The Kier molecular flexibility index (Phi) is 19.2. The number of rotatable bonds is 21. The first-order valence-electron chi connectivity index (χ1n) is 28.7. The van der Waals surface area contributed by atoms with Gasteiger partial charge in [0.25, 0.3) is 6.43 Å². The average Bonchev–Trinajstić information content (AvgIpc) is 4.35. The maximum atomic E-state index is 15.1. The Morgan fingerprint density at radius 1 is 0.926 bits per heavy atom. The largest absolute Gasteiger partial charge is 0.391 e. The monoisotopic (exact) mass is 1140 g/mol. The van der Waals surface area contributed by atoms with E-state index >= 15 is 8.78 Å². The van der Waals surface area contributed by atoms with E-state index in [1.807, 2.05) is 63.5 Å². The molecular formula is C59H78F2N12O7S. The van der Waals surface area contributed by atoms with E-state index in [4.69, 9.17) is 9.84 Å². The molecule has 2 saturated heterocycles. The first-order valence-corrected chi connectivity index (χ1v) is 29.6. The van der Waals surface area contributed by atoms with Crippen molar-refractivity contribution >= 4 is 52.5 Å². The molecule has 3 atom stereocenters. The molecule has 4 aliphatic heterocycles. The molecular weight excluding hydrogens is 1060 g/mol. The Bertz CT molecular complexity index is 3020. The molecule has 0 aliphatic carbocycles. The maximum Gasteiger partial charge on any atom is 0.317 e. The number of aryl methyl sites for hydroxylation is 2. The van der Waals surface area contributed by atoms with Crippen molar-refractivity contribution in [3.63, 3.8) is 0 Å². The number of ether oxygens (including phenoxy) is 1. The zero-order chi connectivity index (χ0) is 57.4. The average molecular weight is 1140 g/mol. The number of aromatic nitrogens is 5. The molecule has 4 aliphatic rings. The van der Waals surface area contributed by atoms with Gasteiger partial charge in [0.05, 0.1) is 47.5 Å². The van der Waals surface area contributed by atoms with Crippen LogP contribution in [-0.2, 0) is 56.4 Å². The standard InChI is InChI=1S/C59H78F2N12O7S/c1-37-52(81-36-65-37)39-17-15-38(16-18-39)31-64-56(77)49-29-43(74)34-72(49)57(78)53(59(2,3)4)67-51(76)14-10-8-6-7-9-13-50(75)63-22-25-70-33-41(32-66-70)44-28-40-12-11-23-71(48(40)30-45(44)54(60)61)55-46-35-69(58(79)62-5)24-19-47(46)73(68-55)42-20-26-80-27-21-42/h15-18,28,30,32-33,36,42-43,49,53-54,74H,6-14,19-27,29,31,34-35H2,1-5H3,(H,62,79)(H,63,75)(H,64,77)(H,67,76)/t43-,49+,53-/m1/s1. The summed E-state index contributed by atoms with van der Waals surface area (Å²) >= 11 is 1.57. The minimum absolute atomic E-state index is 0.00632. The van der Waals surface area contributed by atoms with Crippen LogP contribution in [0.5, 0.6) is 0 Å². The maximum absolute atomic E-state index is 15.1. The number of carbonyl (C=O) groups excluding carboxylic acids is 5. The van der Waals surface area contributed by atoms with Crippen LogP contribution in [0.4, 0.5) is 25.1 Å². The molecule has 0 saturated carbocycles. The molecule has 9 rings (SSSR count). The van der Waals surface area contributed by atoms with Crippen molar-refractivity contribution in [1.82, 2.24) is 55.6 Å². The lowest BCUT2D eigenvalue weighted by atomic mass is 9.85. The first kappa shape index (κ1) is 58.9. The van der Waals surface area contributed by atoms with Gasteiger partial charge in [-0.2, -0.15) is 10.2 Å². The number of nitrogens with zero attached hydrogens (tertiary/aromatic N) is 8. The second-order valence-electron chi connectivity index (χ2n) is 22.9. The number of aliphatic hydroxyl groups excluding tert-OH is 1. The molecule has 22 heteroatoms. The number of amides is 6. The van der Waals surface area contributed by atoms with Gasteiger partial charge in [0.1, 0.15) is 12.1 Å². The predicted molar refractivity (Wildman–Crippen MR) is 305 cm³/mol. The number of carbonyl (C=O) groups is 5. The van der Waals surface area contributed by atoms with Crippen LogP contribution in [0.1, 0.15) is 138 Å². The third-order valence-electron chi connectivity index (χ3n) is 16.1. The van der Waals surface area contributed by atoms with Crippen LogP contribution in [0.25, 0.3) is 21.6 Å². The normalized spacial score (nSPS) is 17.9. The number of benzene rings is 2. The fourth-order valence-corrected chi connectivity index (χ4v) is 12.5. The van der Waals surface area contributed by atoms with Gasteiger partial charge in [0, 0.05) is 113 Å².